The van der Waals surface area contributed by atoms with Gasteiger partial charge in [-0.25, -0.2) is 4.98 Å². The first-order chi connectivity index (χ1) is 12.4. The Bertz CT molecular complexity index is 746. The van der Waals surface area contributed by atoms with E-state index in [1.807, 2.05) is 32.0 Å². The molecule has 0 aliphatic carbocycles. The average molecular weight is 358 g/mol. The largest absolute Gasteiger partial charge is 0.386 e. The van der Waals surface area contributed by atoms with E-state index >= 15 is 0 Å². The molecule has 0 saturated carbocycles. The molecule has 2 aromatic heterocycles. The molecule has 0 aromatic carbocycles. The molecule has 0 bridgehead atoms. The van der Waals surface area contributed by atoms with E-state index in [1.54, 1.807) is 19.3 Å². The maximum atomic E-state index is 12.6. The van der Waals surface area contributed by atoms with Crippen LogP contribution in [-0.2, 0) is 0 Å². The van der Waals surface area contributed by atoms with Crippen molar-refractivity contribution in [1.29, 1.82) is 0 Å². The van der Waals surface area contributed by atoms with E-state index in [4.69, 9.17) is 4.52 Å². The average Bonchev–Trinajstić information content (AvgIpc) is 3.12. The van der Waals surface area contributed by atoms with Gasteiger partial charge in [-0.2, -0.15) is 0 Å². The third-order valence-electron chi connectivity index (χ3n) is 4.74. The minimum absolute atomic E-state index is 0.195. The predicted molar refractivity (Wildman–Crippen MR) is 98.2 cm³/mol. The van der Waals surface area contributed by atoms with Gasteiger partial charge in [0.15, 0.2) is 0 Å². The highest BCUT2D eigenvalue weighted by Gasteiger charge is 2.36. The number of hydrogen-bond donors (Lipinski definition) is 1. The molecule has 2 aromatic rings. The fourth-order valence-corrected chi connectivity index (χ4v) is 3.34. The van der Waals surface area contributed by atoms with Crippen molar-refractivity contribution in [2.75, 3.05) is 31.6 Å². The van der Waals surface area contributed by atoms with E-state index in [9.17, 15) is 9.90 Å². The Hall–Kier alpha value is -2.41. The van der Waals surface area contributed by atoms with Crippen LogP contribution in [0.3, 0.4) is 0 Å². The van der Waals surface area contributed by atoms with Crippen LogP contribution in [0.1, 0.15) is 48.9 Å². The number of β-amino-alcohol motifs (C(OH)–C–C–N with tert-alkyl or cyclic N) is 1. The number of piperidine rings is 1. The summed E-state index contributed by atoms with van der Waals surface area (Å²) in [4.78, 5) is 20.5. The summed E-state index contributed by atoms with van der Waals surface area (Å²) in [6.07, 6.45) is 3.23. The van der Waals surface area contributed by atoms with Gasteiger partial charge in [0.05, 0.1) is 17.8 Å². The van der Waals surface area contributed by atoms with Crippen LogP contribution >= 0.6 is 0 Å². The third kappa shape index (κ3) is 4.04. The van der Waals surface area contributed by atoms with Gasteiger partial charge < -0.3 is 19.4 Å². The maximum Gasteiger partial charge on any atom is 0.292 e. The molecule has 1 amide bonds. The summed E-state index contributed by atoms with van der Waals surface area (Å²) in [5, 5.41) is 15.0. The number of aliphatic hydroxyl groups is 1. The van der Waals surface area contributed by atoms with Crippen molar-refractivity contribution in [2.24, 2.45) is 0 Å². The van der Waals surface area contributed by atoms with Gasteiger partial charge >= 0.3 is 0 Å². The summed E-state index contributed by atoms with van der Waals surface area (Å²) in [5.74, 6) is 0.974. The van der Waals surface area contributed by atoms with E-state index in [-0.39, 0.29) is 24.1 Å². The number of hydrogen-bond acceptors (Lipinski definition) is 6. The lowest BCUT2D eigenvalue weighted by atomic mass is 9.92. The van der Waals surface area contributed by atoms with Crippen molar-refractivity contribution in [3.63, 3.8) is 0 Å². The topological polar surface area (TPSA) is 82.7 Å². The molecule has 3 heterocycles. The van der Waals surface area contributed by atoms with E-state index in [1.165, 1.54) is 4.90 Å². The van der Waals surface area contributed by atoms with Crippen LogP contribution in [0.2, 0.25) is 0 Å². The van der Waals surface area contributed by atoms with Gasteiger partial charge in [-0.15, -0.1) is 0 Å². The van der Waals surface area contributed by atoms with Gasteiger partial charge in [-0.3, -0.25) is 4.79 Å². The highest BCUT2D eigenvalue weighted by atomic mass is 16.5. The molecule has 0 radical (unpaired) electrons. The standard InChI is InChI=1S/C19H26N4O3/c1-14(2)15-11-16(26-21-15)18(24)22(3)12-19(25)8-6-10-23(13-19)17-7-4-5-9-20-17/h4-5,7,9,11,14,25H,6,8,10,12-13H2,1-3H3. The monoisotopic (exact) mass is 358 g/mol. The summed E-state index contributed by atoms with van der Waals surface area (Å²) >= 11 is 0. The number of pyridine rings is 1. The zero-order valence-electron chi connectivity index (χ0n) is 15.6. The molecular weight excluding hydrogens is 332 g/mol. The predicted octanol–water partition coefficient (Wildman–Crippen LogP) is 2.30. The van der Waals surface area contributed by atoms with E-state index in [0.29, 0.717) is 13.0 Å². The van der Waals surface area contributed by atoms with Crippen LogP contribution in [0, 0.1) is 0 Å². The normalized spacial score (nSPS) is 20.4. The quantitative estimate of drug-likeness (QED) is 0.883. The first-order valence-corrected chi connectivity index (χ1v) is 8.98. The Morgan fingerprint density at radius 1 is 1.46 bits per heavy atom. The van der Waals surface area contributed by atoms with Crippen molar-refractivity contribution in [3.05, 3.63) is 41.9 Å². The number of carbonyl (C=O) groups excluding carboxylic acids is 1. The molecule has 7 heteroatoms. The molecule has 1 N–H and O–H groups in total. The Balaban J connectivity index is 1.67. The minimum atomic E-state index is -0.985. The lowest BCUT2D eigenvalue weighted by molar-refractivity contribution is -0.00106. The number of likely N-dealkylation sites (N-methyl/N-ethyl adjacent to an activating group) is 1. The van der Waals surface area contributed by atoms with E-state index in [2.05, 4.69) is 15.0 Å². The first-order valence-electron chi connectivity index (χ1n) is 8.98. The van der Waals surface area contributed by atoms with Crippen molar-refractivity contribution in [2.45, 2.75) is 38.2 Å². The molecule has 140 valence electrons. The van der Waals surface area contributed by atoms with Crippen molar-refractivity contribution < 1.29 is 14.4 Å². The molecule has 1 saturated heterocycles. The molecule has 1 aliphatic rings. The summed E-state index contributed by atoms with van der Waals surface area (Å²) < 4.78 is 5.18. The molecule has 7 nitrogen and oxygen atoms in total. The highest BCUT2D eigenvalue weighted by Crippen LogP contribution is 2.26. The Morgan fingerprint density at radius 3 is 2.92 bits per heavy atom. The zero-order valence-corrected chi connectivity index (χ0v) is 15.6. The molecule has 1 aliphatic heterocycles. The SMILES string of the molecule is CC(C)c1cc(C(=O)N(C)CC2(O)CCCN(c3ccccn3)C2)on1. The second kappa shape index (κ2) is 7.45. The summed E-state index contributed by atoms with van der Waals surface area (Å²) in [5.41, 5.74) is -0.236. The molecule has 3 rings (SSSR count). The molecule has 0 spiro atoms. The fourth-order valence-electron chi connectivity index (χ4n) is 3.34. The third-order valence-corrected chi connectivity index (χ3v) is 4.74. The second-order valence-corrected chi connectivity index (χ2v) is 7.37. The lowest BCUT2D eigenvalue weighted by Crippen LogP contribution is -2.54. The Morgan fingerprint density at radius 2 is 2.27 bits per heavy atom. The number of anilines is 1. The molecular formula is C19H26N4O3. The highest BCUT2D eigenvalue weighted by molar-refractivity contribution is 5.91. The first kappa shape index (κ1) is 18.4. The van der Waals surface area contributed by atoms with Gasteiger partial charge in [0.1, 0.15) is 5.82 Å². The number of carbonyl (C=O) groups is 1. The van der Waals surface area contributed by atoms with Gasteiger partial charge in [-0.05, 0) is 30.9 Å². The van der Waals surface area contributed by atoms with Crippen LogP contribution in [0.4, 0.5) is 5.82 Å². The van der Waals surface area contributed by atoms with Gasteiger partial charge in [0, 0.05) is 32.4 Å². The molecule has 1 fully saturated rings. The molecule has 26 heavy (non-hydrogen) atoms. The smallest absolute Gasteiger partial charge is 0.292 e. The number of amides is 1. The van der Waals surface area contributed by atoms with Gasteiger partial charge in [0.25, 0.3) is 5.91 Å². The van der Waals surface area contributed by atoms with Crippen molar-refractivity contribution in [1.82, 2.24) is 15.0 Å². The van der Waals surface area contributed by atoms with Crippen LogP contribution in [0.5, 0.6) is 0 Å². The summed E-state index contributed by atoms with van der Waals surface area (Å²) in [6, 6.07) is 7.41. The summed E-state index contributed by atoms with van der Waals surface area (Å²) in [6.45, 7) is 5.50. The van der Waals surface area contributed by atoms with Gasteiger partial charge in [0.2, 0.25) is 5.76 Å². The van der Waals surface area contributed by atoms with Crippen LogP contribution in [-0.4, -0.2) is 58.3 Å². The van der Waals surface area contributed by atoms with Crippen molar-refractivity contribution in [3.8, 4) is 0 Å². The van der Waals surface area contributed by atoms with Crippen LogP contribution < -0.4 is 4.90 Å². The zero-order chi connectivity index (χ0) is 18.7. The maximum absolute atomic E-state index is 12.6. The second-order valence-electron chi connectivity index (χ2n) is 7.37. The van der Waals surface area contributed by atoms with E-state index in [0.717, 1.165) is 24.5 Å². The lowest BCUT2D eigenvalue weighted by Gasteiger charge is -2.41. The number of nitrogens with zero attached hydrogens (tertiary/aromatic N) is 4. The van der Waals surface area contributed by atoms with Crippen molar-refractivity contribution >= 4 is 11.7 Å². The minimum Gasteiger partial charge on any atom is -0.386 e. The fraction of sp³-hybridized carbons (Fsp3) is 0.526. The number of rotatable bonds is 5. The molecule has 1 atom stereocenters. The Labute approximate surface area is 153 Å². The van der Waals surface area contributed by atoms with Gasteiger partial charge in [-0.1, -0.05) is 25.1 Å². The van der Waals surface area contributed by atoms with Crippen LogP contribution in [0.25, 0.3) is 0 Å². The van der Waals surface area contributed by atoms with E-state index < -0.39 is 5.60 Å². The number of aromatic nitrogens is 2. The Kier molecular flexibility index (Phi) is 5.27. The molecule has 1 unspecified atom stereocenters. The summed E-state index contributed by atoms with van der Waals surface area (Å²) in [7, 11) is 1.68. The van der Waals surface area contributed by atoms with Crippen LogP contribution in [0.15, 0.2) is 35.0 Å².